The van der Waals surface area contributed by atoms with Gasteiger partial charge in [-0.05, 0) is 132 Å². The van der Waals surface area contributed by atoms with E-state index < -0.39 is 149 Å². The van der Waals surface area contributed by atoms with E-state index in [2.05, 4.69) is 43.8 Å². The number of benzene rings is 2. The zero-order chi connectivity index (χ0) is 81.1. The smallest absolute Gasteiger partial charge is 0.411 e. The molecule has 0 radical (unpaired) electrons. The molecule has 18 unspecified atom stereocenters. The molecular formula is C75H102IN6O25S3+. The number of ketones is 1. The first-order valence-electron chi connectivity index (χ1n) is 35.6. The summed E-state index contributed by atoms with van der Waals surface area (Å²) in [7, 11) is 10.8. The van der Waals surface area contributed by atoms with Crippen LogP contribution in [0.25, 0.3) is 0 Å². The van der Waals surface area contributed by atoms with Gasteiger partial charge in [0.05, 0.1) is 120 Å². The quantitative estimate of drug-likeness (QED) is 0.00667. The number of ether oxygens (including phenoxy) is 13. The molecule has 4 amide bonds. The lowest BCUT2D eigenvalue weighted by Crippen LogP contribution is -2.65. The number of carbonyl (C=O) groups is 6. The van der Waals surface area contributed by atoms with Gasteiger partial charge < -0.3 is 97.3 Å². The molecule has 4 aliphatic heterocycles. The highest BCUT2D eigenvalue weighted by molar-refractivity contribution is 14.1. The van der Waals surface area contributed by atoms with Crippen molar-refractivity contribution in [2.75, 3.05) is 68.1 Å². The van der Waals surface area contributed by atoms with Gasteiger partial charge in [0.25, 0.3) is 0 Å². The third kappa shape index (κ3) is 23.5. The number of aliphatic hydroxyl groups is 5. The summed E-state index contributed by atoms with van der Waals surface area (Å²) in [5, 5.41) is 66.6. The fourth-order valence-electron chi connectivity index (χ4n) is 13.0. The maximum atomic E-state index is 14.6. The molecule has 4 fully saturated rings. The molecule has 2 aromatic rings. The van der Waals surface area contributed by atoms with Crippen molar-refractivity contribution in [2.24, 2.45) is 5.11 Å². The number of nitrogens with zero attached hydrogens (tertiary/aromatic N) is 3. The third-order valence-corrected chi connectivity index (χ3v) is 24.6. The Morgan fingerprint density at radius 2 is 1.61 bits per heavy atom. The number of Topliss-reactive ketones (excluding diaryl/α,β-unsaturated/α-hetero) is 1. The van der Waals surface area contributed by atoms with E-state index in [0.29, 0.717) is 52.2 Å². The van der Waals surface area contributed by atoms with Crippen LogP contribution in [0.5, 0.6) is 23.0 Å². The molecule has 4 saturated heterocycles. The summed E-state index contributed by atoms with van der Waals surface area (Å²) in [6.45, 7) is 17.2. The SMILES string of the molecule is C#C/C=C\C#C[C@H](OC1OC(C)C(NOC2CC(O)C(SC(=O)c3c(C)c(I)c(OC4OC(C)C(O)C(OC)C4O)c(OC)c3OC)C(C)O2)C(O)C1OC1CC(OC)C(N(CC)C(C)=O)CO1)C1=C(NC(=O)OC)C(=O)CC(C)(O)/C1=C/CSSC(C)(C)CC(=O)N=[N+]=C(C)c1ccc(OCCCC(=O)NC)cc1. The maximum Gasteiger partial charge on any atom is 0.411 e. The highest BCUT2D eigenvalue weighted by atomic mass is 127. The Morgan fingerprint density at radius 1 is 0.909 bits per heavy atom. The third-order valence-electron chi connectivity index (χ3n) is 18.8. The topological polar surface area (TPSA) is 399 Å². The average molecular weight is 1710 g/mol. The summed E-state index contributed by atoms with van der Waals surface area (Å²) >= 11 is 2.77. The molecule has 4 heterocycles. The van der Waals surface area contributed by atoms with Crippen LogP contribution in [0.2, 0.25) is 0 Å². The van der Waals surface area contributed by atoms with E-state index in [-0.39, 0.29) is 83.1 Å². The number of alkyl carbamates (subject to hydrolysis) is 1. The van der Waals surface area contributed by atoms with Gasteiger partial charge in [0.2, 0.25) is 29.0 Å². The summed E-state index contributed by atoms with van der Waals surface area (Å²) < 4.78 is 78.3. The van der Waals surface area contributed by atoms with E-state index in [1.54, 1.807) is 76.9 Å². The first kappa shape index (κ1) is 90.9. The number of allylic oxidation sites excluding steroid dienone is 3. The second-order valence-electron chi connectivity index (χ2n) is 27.2. The Bertz CT molecular complexity index is 3830. The second kappa shape index (κ2) is 42.2. The van der Waals surface area contributed by atoms with E-state index in [4.69, 9.17) is 72.8 Å². The Kier molecular flexibility index (Phi) is 34.9. The van der Waals surface area contributed by atoms with Crippen molar-refractivity contribution in [1.29, 1.82) is 0 Å². The molecule has 606 valence electrons. The molecule has 35 heteroatoms. The van der Waals surface area contributed by atoms with Crippen LogP contribution < -0.4 is 35.1 Å². The van der Waals surface area contributed by atoms with Crippen molar-refractivity contribution in [2.45, 2.75) is 228 Å². The van der Waals surface area contributed by atoms with Crippen LogP contribution in [0.3, 0.4) is 0 Å². The Labute approximate surface area is 666 Å². The molecular weight excluding hydrogens is 1610 g/mol. The average Bonchev–Trinajstić information content (AvgIpc) is 0.765. The number of halogens is 1. The summed E-state index contributed by atoms with van der Waals surface area (Å²) in [6, 6.07) is 5.35. The van der Waals surface area contributed by atoms with E-state index >= 15 is 0 Å². The van der Waals surface area contributed by atoms with E-state index in [0.717, 1.165) is 18.9 Å². The predicted molar refractivity (Wildman–Crippen MR) is 414 cm³/mol. The lowest BCUT2D eigenvalue weighted by Gasteiger charge is -2.47. The number of aliphatic hydroxyl groups excluding tert-OH is 4. The molecule has 110 heavy (non-hydrogen) atoms. The van der Waals surface area contributed by atoms with Crippen molar-refractivity contribution < 1.29 is 126 Å². The fraction of sp³-hybridized carbons (Fsp3) is 0.613. The molecule has 5 aliphatic rings. The summed E-state index contributed by atoms with van der Waals surface area (Å²) in [6.07, 6.45) is -9.66. The minimum absolute atomic E-state index is 0.00361. The monoisotopic (exact) mass is 1710 g/mol. The standard InChI is InChI=1S/C75H101IN6O25S3/c1-18-20-21-22-24-50(57-46(75(11,93)35-49(85)60(57)78-73(92)98-17)30-32-108-110-74(9,10)36-53(87)80-79-39(4)44-26-28-45(29-27-44)99-31-23-25-52(86)77-12)104-72-67(105-54-34-51(94-13)47(37-100-54)82(19-2)43(8)83)62(89)59(40(5)102-72)81-107-55-33-48(84)69(42(7)101-55)109-70(91)56-38(3)58(76)65(68(97-16)64(56)95-14)106-71-63(90)66(96-15)61(88)41(6)103-71/h1,20-21,26-30,40-42,47-48,50-51,54-55,59,61-63,66-67,69,71-72,81,84,88-90,93H,19,23,25,31-37H2,2-17H3,(H-,77,78,86,92)/p+1/b21-20-,46-30+/t40?,41?,42?,47?,48?,50-,51?,54?,55?,59?,61?,62?,63?,66?,67?,69?,71?,72?,75?/m0/s1. The number of carbonyl (C=O) groups excluding carboxylic acids is 6. The molecule has 31 nitrogen and oxygen atoms in total. The molecule has 2 aromatic carbocycles. The van der Waals surface area contributed by atoms with Gasteiger partial charge in [0.15, 0.2) is 41.3 Å². The first-order chi connectivity index (χ1) is 52.2. The lowest BCUT2D eigenvalue weighted by atomic mass is 9.76. The number of hydroxylamine groups is 1. The van der Waals surface area contributed by atoms with Gasteiger partial charge in [0.1, 0.15) is 42.4 Å². The van der Waals surface area contributed by atoms with Gasteiger partial charge in [-0.1, -0.05) is 57.2 Å². The number of nitrogens with one attached hydrogen (secondary N) is 3. The Morgan fingerprint density at radius 3 is 2.24 bits per heavy atom. The summed E-state index contributed by atoms with van der Waals surface area (Å²) in [5.74, 6) is 7.46. The number of thioether (sulfide) groups is 1. The molecule has 0 saturated carbocycles. The maximum absolute atomic E-state index is 14.6. The van der Waals surface area contributed by atoms with Gasteiger partial charge in [-0.25, -0.2) is 4.79 Å². The van der Waals surface area contributed by atoms with Gasteiger partial charge in [0, 0.05) is 83.4 Å². The zero-order valence-corrected chi connectivity index (χ0v) is 69.0. The van der Waals surface area contributed by atoms with E-state index in [1.807, 2.05) is 43.4 Å². The van der Waals surface area contributed by atoms with Crippen molar-refractivity contribution in [3.8, 4) is 47.2 Å². The van der Waals surface area contributed by atoms with E-state index in [1.165, 1.54) is 76.0 Å². The van der Waals surface area contributed by atoms with Gasteiger partial charge in [-0.2, -0.15) is 5.48 Å². The summed E-state index contributed by atoms with van der Waals surface area (Å²) in [5.41, 5.74) is 2.22. The number of methoxy groups -OCH3 is 5. The minimum atomic E-state index is -1.96. The fourth-order valence-corrected chi connectivity index (χ4v) is 17.1. The highest BCUT2D eigenvalue weighted by Crippen LogP contribution is 2.49. The zero-order valence-electron chi connectivity index (χ0n) is 64.4. The van der Waals surface area contributed by atoms with Crippen LogP contribution in [-0.2, 0) is 66.6 Å². The number of amides is 4. The molecule has 1 aliphatic carbocycles. The number of hydrogen-bond acceptors (Lipinski definition) is 29. The largest absolute Gasteiger partial charge is 0.494 e. The van der Waals surface area contributed by atoms with Gasteiger partial charge in [-0.3, -0.25) is 34.1 Å². The van der Waals surface area contributed by atoms with Crippen LogP contribution in [-0.4, -0.2) is 264 Å². The number of hydrogen-bond donors (Lipinski definition) is 8. The van der Waals surface area contributed by atoms with Crippen LogP contribution >= 0.6 is 55.9 Å². The number of rotatable bonds is 31. The number of likely N-dealkylation sites (N-methyl/N-ethyl adjacent to an activating group) is 1. The Hall–Kier alpha value is -6.24. The van der Waals surface area contributed by atoms with Crippen molar-refractivity contribution in [3.05, 3.63) is 79.6 Å². The first-order valence-corrected chi connectivity index (χ1v) is 39.9. The van der Waals surface area contributed by atoms with Crippen LogP contribution in [0, 0.1) is 34.7 Å². The molecule has 7 rings (SSSR count). The Balaban J connectivity index is 1.13. The molecule has 8 N–H and O–H groups in total. The van der Waals surface area contributed by atoms with Crippen LogP contribution in [0.1, 0.15) is 122 Å². The van der Waals surface area contributed by atoms with Gasteiger partial charge >= 0.3 is 17.7 Å². The molecule has 0 aromatic heterocycles. The molecule has 0 spiro atoms. The van der Waals surface area contributed by atoms with Gasteiger partial charge in [-0.15, -0.1) is 6.42 Å². The number of terminal acetylenes is 1. The normalized spacial score (nSPS) is 29.0. The predicted octanol–water partition coefficient (Wildman–Crippen LogP) is 5.58. The minimum Gasteiger partial charge on any atom is -0.494 e. The van der Waals surface area contributed by atoms with E-state index in [9.17, 15) is 54.3 Å². The lowest BCUT2D eigenvalue weighted by molar-refractivity contribution is -0.337. The van der Waals surface area contributed by atoms with Crippen molar-refractivity contribution in [1.82, 2.24) is 21.0 Å². The van der Waals surface area contributed by atoms with Crippen LogP contribution in [0.4, 0.5) is 4.79 Å². The molecule has 19 atom stereocenters. The van der Waals surface area contributed by atoms with Crippen LogP contribution in [0.15, 0.2) is 64.5 Å². The second-order valence-corrected chi connectivity index (χ2v) is 32.5. The van der Waals surface area contributed by atoms with Crippen molar-refractivity contribution >= 4 is 96.4 Å². The van der Waals surface area contributed by atoms with Crippen molar-refractivity contribution in [3.63, 3.8) is 0 Å². The highest BCUT2D eigenvalue weighted by Gasteiger charge is 2.52. The molecule has 0 bridgehead atoms. The summed E-state index contributed by atoms with van der Waals surface area (Å²) in [4.78, 5) is 92.1.